The Morgan fingerprint density at radius 1 is 1.60 bits per heavy atom. The van der Waals surface area contributed by atoms with E-state index in [-0.39, 0.29) is 5.54 Å². The molecule has 0 aromatic heterocycles. The Hall–Kier alpha value is -0.610. The maximum Gasteiger partial charge on any atom is 0.320 e. The molecule has 1 fully saturated rings. The van der Waals surface area contributed by atoms with Gasteiger partial charge in [0.25, 0.3) is 0 Å². The summed E-state index contributed by atoms with van der Waals surface area (Å²) in [5, 5.41) is 11.7. The van der Waals surface area contributed by atoms with Gasteiger partial charge in [0, 0.05) is 12.1 Å². The molecule has 0 bridgehead atoms. The molecule has 1 unspecified atom stereocenters. The summed E-state index contributed by atoms with van der Waals surface area (Å²) in [4.78, 5) is 13.2. The molecule has 4 nitrogen and oxygen atoms in total. The van der Waals surface area contributed by atoms with Gasteiger partial charge in [0.15, 0.2) is 0 Å². The van der Waals surface area contributed by atoms with Gasteiger partial charge in [-0.1, -0.05) is 0 Å². The first kappa shape index (κ1) is 12.5. The van der Waals surface area contributed by atoms with Crippen LogP contribution in [0.2, 0.25) is 0 Å². The van der Waals surface area contributed by atoms with E-state index in [1.54, 1.807) is 7.05 Å². The highest BCUT2D eigenvalue weighted by Crippen LogP contribution is 2.28. The standard InChI is InChI=1S/C11H22N2O2/c1-11(2)6-4-7-13(11)8-5-9(12-3)10(14)15/h9,12H,4-8H2,1-3H3,(H,14,15). The molecule has 0 aromatic carbocycles. The minimum atomic E-state index is -0.755. The largest absolute Gasteiger partial charge is 0.480 e. The molecule has 15 heavy (non-hydrogen) atoms. The van der Waals surface area contributed by atoms with Crippen molar-refractivity contribution in [3.63, 3.8) is 0 Å². The van der Waals surface area contributed by atoms with Crippen LogP contribution in [0.5, 0.6) is 0 Å². The minimum absolute atomic E-state index is 0.247. The molecule has 0 aromatic rings. The maximum absolute atomic E-state index is 10.8. The van der Waals surface area contributed by atoms with E-state index in [0.29, 0.717) is 6.42 Å². The molecule has 1 aliphatic rings. The number of nitrogens with one attached hydrogen (secondary N) is 1. The highest BCUT2D eigenvalue weighted by Gasteiger charge is 2.32. The Bertz CT molecular complexity index is 229. The number of hydrogen-bond acceptors (Lipinski definition) is 3. The predicted octanol–water partition coefficient (Wildman–Crippen LogP) is 0.923. The summed E-state index contributed by atoms with van der Waals surface area (Å²) in [6, 6.07) is -0.415. The SMILES string of the molecule is CNC(CCN1CCCC1(C)C)C(=O)O. The van der Waals surface area contributed by atoms with Gasteiger partial charge in [0.05, 0.1) is 0 Å². The van der Waals surface area contributed by atoms with Crippen molar-refractivity contribution in [2.75, 3.05) is 20.1 Å². The van der Waals surface area contributed by atoms with Crippen molar-refractivity contribution >= 4 is 5.97 Å². The van der Waals surface area contributed by atoms with Gasteiger partial charge in [-0.25, -0.2) is 0 Å². The highest BCUT2D eigenvalue weighted by atomic mass is 16.4. The summed E-state index contributed by atoms with van der Waals surface area (Å²) in [6.45, 7) is 6.43. The van der Waals surface area contributed by atoms with Gasteiger partial charge in [0.1, 0.15) is 6.04 Å². The molecule has 1 heterocycles. The number of rotatable bonds is 5. The quantitative estimate of drug-likeness (QED) is 0.714. The zero-order chi connectivity index (χ0) is 11.5. The number of carboxylic acid groups (broad SMARTS) is 1. The van der Waals surface area contributed by atoms with E-state index in [1.807, 2.05) is 0 Å². The molecule has 0 amide bonds. The van der Waals surface area contributed by atoms with Gasteiger partial charge in [-0.2, -0.15) is 0 Å². The van der Waals surface area contributed by atoms with E-state index < -0.39 is 12.0 Å². The van der Waals surface area contributed by atoms with E-state index in [9.17, 15) is 4.79 Å². The van der Waals surface area contributed by atoms with E-state index in [2.05, 4.69) is 24.1 Å². The predicted molar refractivity (Wildman–Crippen MR) is 60.0 cm³/mol. The number of likely N-dealkylation sites (tertiary alicyclic amines) is 1. The second kappa shape index (κ2) is 4.94. The van der Waals surface area contributed by atoms with Crippen LogP contribution in [0.15, 0.2) is 0 Å². The lowest BCUT2D eigenvalue weighted by Crippen LogP contribution is -2.43. The Morgan fingerprint density at radius 3 is 2.67 bits per heavy atom. The fraction of sp³-hybridized carbons (Fsp3) is 0.909. The average molecular weight is 214 g/mol. The lowest BCUT2D eigenvalue weighted by Gasteiger charge is -2.32. The normalized spacial score (nSPS) is 22.9. The molecular formula is C11H22N2O2. The molecule has 0 aliphatic carbocycles. The van der Waals surface area contributed by atoms with Crippen molar-refractivity contribution in [2.45, 2.75) is 44.7 Å². The molecule has 1 aliphatic heterocycles. The molecule has 88 valence electrons. The Morgan fingerprint density at radius 2 is 2.27 bits per heavy atom. The van der Waals surface area contributed by atoms with Crippen LogP contribution in [0, 0.1) is 0 Å². The molecular weight excluding hydrogens is 192 g/mol. The fourth-order valence-corrected chi connectivity index (χ4v) is 2.25. The van der Waals surface area contributed by atoms with Gasteiger partial charge in [-0.3, -0.25) is 9.69 Å². The second-order valence-electron chi connectivity index (χ2n) is 4.87. The monoisotopic (exact) mass is 214 g/mol. The Balaban J connectivity index is 2.39. The number of hydrogen-bond donors (Lipinski definition) is 2. The Kier molecular flexibility index (Phi) is 4.11. The number of carbonyl (C=O) groups is 1. The van der Waals surface area contributed by atoms with Crippen LogP contribution in [0.4, 0.5) is 0 Å². The number of likely N-dealkylation sites (N-methyl/N-ethyl adjacent to an activating group) is 1. The summed E-state index contributed by atoms with van der Waals surface area (Å²) in [7, 11) is 1.70. The van der Waals surface area contributed by atoms with Gasteiger partial charge in [-0.05, 0) is 46.7 Å². The number of carboxylic acids is 1. The van der Waals surface area contributed by atoms with E-state index in [0.717, 1.165) is 13.1 Å². The van der Waals surface area contributed by atoms with E-state index in [4.69, 9.17) is 5.11 Å². The number of nitrogens with zero attached hydrogens (tertiary/aromatic N) is 1. The summed E-state index contributed by atoms with van der Waals surface area (Å²) in [5.74, 6) is -0.755. The fourth-order valence-electron chi connectivity index (χ4n) is 2.25. The summed E-state index contributed by atoms with van der Waals surface area (Å²) in [5.41, 5.74) is 0.247. The minimum Gasteiger partial charge on any atom is -0.480 e. The van der Waals surface area contributed by atoms with Gasteiger partial charge < -0.3 is 10.4 Å². The first-order valence-electron chi connectivity index (χ1n) is 5.62. The molecule has 2 N–H and O–H groups in total. The number of aliphatic carboxylic acids is 1. The van der Waals surface area contributed by atoms with Gasteiger partial charge >= 0.3 is 5.97 Å². The van der Waals surface area contributed by atoms with Gasteiger partial charge in [-0.15, -0.1) is 0 Å². The van der Waals surface area contributed by atoms with Crippen LogP contribution in [0.1, 0.15) is 33.1 Å². The molecule has 1 atom stereocenters. The van der Waals surface area contributed by atoms with Gasteiger partial charge in [0.2, 0.25) is 0 Å². The average Bonchev–Trinajstić information content (AvgIpc) is 2.46. The Labute approximate surface area is 91.6 Å². The molecule has 1 rings (SSSR count). The molecule has 0 radical (unpaired) electrons. The van der Waals surface area contributed by atoms with Crippen LogP contribution in [0.3, 0.4) is 0 Å². The summed E-state index contributed by atoms with van der Waals surface area (Å²) in [6.07, 6.45) is 3.11. The molecule has 4 heteroatoms. The van der Waals surface area contributed by atoms with Crippen molar-refractivity contribution in [1.82, 2.24) is 10.2 Å². The molecule has 1 saturated heterocycles. The lowest BCUT2D eigenvalue weighted by atomic mass is 10.0. The van der Waals surface area contributed by atoms with Crippen molar-refractivity contribution in [3.05, 3.63) is 0 Å². The lowest BCUT2D eigenvalue weighted by molar-refractivity contribution is -0.139. The maximum atomic E-state index is 10.8. The third-order valence-corrected chi connectivity index (χ3v) is 3.41. The topological polar surface area (TPSA) is 52.6 Å². The van der Waals surface area contributed by atoms with Crippen LogP contribution in [-0.2, 0) is 4.79 Å². The summed E-state index contributed by atoms with van der Waals surface area (Å²) < 4.78 is 0. The summed E-state index contributed by atoms with van der Waals surface area (Å²) >= 11 is 0. The molecule has 0 spiro atoms. The first-order valence-corrected chi connectivity index (χ1v) is 5.62. The van der Waals surface area contributed by atoms with Crippen molar-refractivity contribution in [3.8, 4) is 0 Å². The van der Waals surface area contributed by atoms with Crippen molar-refractivity contribution in [2.24, 2.45) is 0 Å². The van der Waals surface area contributed by atoms with Crippen LogP contribution >= 0.6 is 0 Å². The van der Waals surface area contributed by atoms with E-state index >= 15 is 0 Å². The van der Waals surface area contributed by atoms with E-state index in [1.165, 1.54) is 12.8 Å². The smallest absolute Gasteiger partial charge is 0.320 e. The van der Waals surface area contributed by atoms with Crippen LogP contribution in [0.25, 0.3) is 0 Å². The third kappa shape index (κ3) is 3.18. The molecule has 0 saturated carbocycles. The zero-order valence-electron chi connectivity index (χ0n) is 9.92. The van der Waals surface area contributed by atoms with Crippen LogP contribution < -0.4 is 5.32 Å². The zero-order valence-corrected chi connectivity index (χ0v) is 9.92. The second-order valence-corrected chi connectivity index (χ2v) is 4.87. The highest BCUT2D eigenvalue weighted by molar-refractivity contribution is 5.73. The first-order chi connectivity index (χ1) is 6.97. The van der Waals surface area contributed by atoms with Crippen molar-refractivity contribution in [1.29, 1.82) is 0 Å². The third-order valence-electron chi connectivity index (χ3n) is 3.41. The van der Waals surface area contributed by atoms with Crippen molar-refractivity contribution < 1.29 is 9.90 Å². The van der Waals surface area contributed by atoms with Crippen LogP contribution in [-0.4, -0.2) is 47.7 Å².